The number of rotatable bonds is 5. The van der Waals surface area contributed by atoms with E-state index in [4.69, 9.17) is 9.97 Å². The van der Waals surface area contributed by atoms with Crippen molar-refractivity contribution in [3.05, 3.63) is 52.2 Å². The van der Waals surface area contributed by atoms with Crippen LogP contribution in [-0.2, 0) is 6.54 Å². The molecule has 0 aliphatic carbocycles. The minimum absolute atomic E-state index is 0.596. The third-order valence-electron chi connectivity index (χ3n) is 4.82. The van der Waals surface area contributed by atoms with Gasteiger partial charge in [0.2, 0.25) is 5.95 Å². The molecule has 0 atom stereocenters. The van der Waals surface area contributed by atoms with Crippen LogP contribution in [0.15, 0.2) is 30.5 Å². The van der Waals surface area contributed by atoms with Crippen LogP contribution in [0.3, 0.4) is 0 Å². The SMILES string of the molecule is Cc1cc(C)cc(Nc2nccc(-c3nc(C)c(CN4CCNCC4)s3)n2)c1. The fourth-order valence-corrected chi connectivity index (χ4v) is 4.55. The van der Waals surface area contributed by atoms with Gasteiger partial charge in [0.1, 0.15) is 10.7 Å². The van der Waals surface area contributed by atoms with Gasteiger partial charge < -0.3 is 10.6 Å². The van der Waals surface area contributed by atoms with Crippen LogP contribution in [0.5, 0.6) is 0 Å². The maximum absolute atomic E-state index is 4.78. The smallest absolute Gasteiger partial charge is 0.227 e. The molecule has 1 aliphatic heterocycles. The van der Waals surface area contributed by atoms with Gasteiger partial charge in [-0.15, -0.1) is 11.3 Å². The third-order valence-corrected chi connectivity index (χ3v) is 5.99. The van der Waals surface area contributed by atoms with E-state index in [1.807, 2.05) is 6.07 Å². The number of aromatic nitrogens is 3. The summed E-state index contributed by atoms with van der Waals surface area (Å²) in [7, 11) is 0. The van der Waals surface area contributed by atoms with Crippen molar-refractivity contribution in [1.29, 1.82) is 0 Å². The van der Waals surface area contributed by atoms with Gasteiger partial charge >= 0.3 is 0 Å². The van der Waals surface area contributed by atoms with Crippen LogP contribution in [0, 0.1) is 20.8 Å². The van der Waals surface area contributed by atoms with Gasteiger partial charge in [0.25, 0.3) is 0 Å². The number of nitrogens with one attached hydrogen (secondary N) is 2. The summed E-state index contributed by atoms with van der Waals surface area (Å²) >= 11 is 1.73. The first-order chi connectivity index (χ1) is 13.6. The highest BCUT2D eigenvalue weighted by molar-refractivity contribution is 7.15. The number of hydrogen-bond acceptors (Lipinski definition) is 7. The van der Waals surface area contributed by atoms with Gasteiger partial charge in [0.05, 0.1) is 5.69 Å². The summed E-state index contributed by atoms with van der Waals surface area (Å²) in [4.78, 5) is 17.7. The van der Waals surface area contributed by atoms with Crippen LogP contribution in [0.25, 0.3) is 10.7 Å². The molecule has 2 aromatic heterocycles. The Bertz CT molecular complexity index is 941. The number of aryl methyl sites for hydroxylation is 3. The molecule has 1 fully saturated rings. The van der Waals surface area contributed by atoms with E-state index in [9.17, 15) is 0 Å². The molecule has 0 unspecified atom stereocenters. The highest BCUT2D eigenvalue weighted by Gasteiger charge is 2.16. The highest BCUT2D eigenvalue weighted by Crippen LogP contribution is 2.28. The Morgan fingerprint density at radius 2 is 1.82 bits per heavy atom. The molecule has 6 nitrogen and oxygen atoms in total. The lowest BCUT2D eigenvalue weighted by Gasteiger charge is -2.26. The van der Waals surface area contributed by atoms with Crippen LogP contribution in [0.4, 0.5) is 11.6 Å². The monoisotopic (exact) mass is 394 g/mol. The lowest BCUT2D eigenvalue weighted by Crippen LogP contribution is -2.42. The molecule has 1 aromatic carbocycles. The molecule has 2 N–H and O–H groups in total. The first kappa shape index (κ1) is 19.0. The molecule has 28 heavy (non-hydrogen) atoms. The van der Waals surface area contributed by atoms with E-state index in [1.165, 1.54) is 16.0 Å². The number of hydrogen-bond donors (Lipinski definition) is 2. The van der Waals surface area contributed by atoms with Crippen LogP contribution in [0.1, 0.15) is 21.7 Å². The molecule has 0 spiro atoms. The molecular formula is C21H26N6S. The number of thiazole rings is 1. The van der Waals surface area contributed by atoms with Crippen molar-refractivity contribution < 1.29 is 0 Å². The van der Waals surface area contributed by atoms with Crippen LogP contribution < -0.4 is 10.6 Å². The Balaban J connectivity index is 1.53. The quantitative estimate of drug-likeness (QED) is 0.688. The summed E-state index contributed by atoms with van der Waals surface area (Å²) in [5, 5.41) is 7.68. The van der Waals surface area contributed by atoms with Gasteiger partial charge in [0, 0.05) is 49.5 Å². The van der Waals surface area contributed by atoms with Crippen LogP contribution >= 0.6 is 11.3 Å². The lowest BCUT2D eigenvalue weighted by atomic mass is 10.1. The molecule has 1 saturated heterocycles. The van der Waals surface area contributed by atoms with Gasteiger partial charge in [-0.05, 0) is 50.1 Å². The zero-order chi connectivity index (χ0) is 19.5. The molecule has 146 valence electrons. The fourth-order valence-electron chi connectivity index (χ4n) is 3.47. The van der Waals surface area contributed by atoms with E-state index in [0.29, 0.717) is 5.95 Å². The van der Waals surface area contributed by atoms with Gasteiger partial charge in [0.15, 0.2) is 0 Å². The Hall–Kier alpha value is -2.35. The van der Waals surface area contributed by atoms with Crippen molar-refractivity contribution in [2.45, 2.75) is 27.3 Å². The highest BCUT2D eigenvalue weighted by atomic mass is 32.1. The van der Waals surface area contributed by atoms with Crippen molar-refractivity contribution in [2.75, 3.05) is 31.5 Å². The van der Waals surface area contributed by atoms with Gasteiger partial charge in [-0.3, -0.25) is 4.90 Å². The van der Waals surface area contributed by atoms with E-state index in [-0.39, 0.29) is 0 Å². The minimum atomic E-state index is 0.596. The largest absolute Gasteiger partial charge is 0.324 e. The molecule has 0 radical (unpaired) electrons. The molecule has 3 aromatic rings. The Morgan fingerprint density at radius 1 is 1.07 bits per heavy atom. The summed E-state index contributed by atoms with van der Waals surface area (Å²) in [6.07, 6.45) is 1.79. The third kappa shape index (κ3) is 4.55. The zero-order valence-electron chi connectivity index (χ0n) is 16.6. The van der Waals surface area contributed by atoms with Crippen molar-refractivity contribution >= 4 is 23.0 Å². The summed E-state index contributed by atoms with van der Waals surface area (Å²) in [5.41, 5.74) is 5.39. The van der Waals surface area contributed by atoms with Gasteiger partial charge in [-0.2, -0.15) is 0 Å². The average Bonchev–Trinajstić information content (AvgIpc) is 3.02. The molecule has 3 heterocycles. The van der Waals surface area contributed by atoms with E-state index < -0.39 is 0 Å². The van der Waals surface area contributed by atoms with Crippen molar-refractivity contribution in [1.82, 2.24) is 25.2 Å². The Labute approximate surface area is 170 Å². The Kier molecular flexibility index (Phi) is 5.66. The minimum Gasteiger partial charge on any atom is -0.324 e. The molecule has 1 aliphatic rings. The number of nitrogens with zero attached hydrogens (tertiary/aromatic N) is 4. The van der Waals surface area contributed by atoms with Crippen molar-refractivity contribution in [3.8, 4) is 10.7 Å². The molecular weight excluding hydrogens is 368 g/mol. The predicted octanol–water partition coefficient (Wildman–Crippen LogP) is 3.67. The average molecular weight is 395 g/mol. The fraction of sp³-hybridized carbons (Fsp3) is 0.381. The number of anilines is 2. The zero-order valence-corrected chi connectivity index (χ0v) is 17.4. The molecule has 0 bridgehead atoms. The lowest BCUT2D eigenvalue weighted by molar-refractivity contribution is 0.234. The van der Waals surface area contributed by atoms with Gasteiger partial charge in [-0.25, -0.2) is 15.0 Å². The van der Waals surface area contributed by atoms with Gasteiger partial charge in [-0.1, -0.05) is 6.07 Å². The van der Waals surface area contributed by atoms with E-state index >= 15 is 0 Å². The van der Waals surface area contributed by atoms with E-state index in [0.717, 1.165) is 54.8 Å². The molecule has 7 heteroatoms. The summed E-state index contributed by atoms with van der Waals surface area (Å²) < 4.78 is 0. The second kappa shape index (κ2) is 8.34. The predicted molar refractivity (Wildman–Crippen MR) is 115 cm³/mol. The summed E-state index contributed by atoms with van der Waals surface area (Å²) in [6, 6.07) is 8.28. The summed E-state index contributed by atoms with van der Waals surface area (Å²) in [5.74, 6) is 0.596. The topological polar surface area (TPSA) is 66.0 Å². The van der Waals surface area contributed by atoms with Crippen LogP contribution in [-0.4, -0.2) is 46.0 Å². The summed E-state index contributed by atoms with van der Waals surface area (Å²) in [6.45, 7) is 11.5. The van der Waals surface area contributed by atoms with E-state index in [1.54, 1.807) is 17.5 Å². The van der Waals surface area contributed by atoms with Crippen molar-refractivity contribution in [3.63, 3.8) is 0 Å². The second-order valence-electron chi connectivity index (χ2n) is 7.32. The van der Waals surface area contributed by atoms with E-state index in [2.05, 4.69) is 59.5 Å². The normalized spacial score (nSPS) is 15.0. The standard InChI is InChI=1S/C21H26N6S/c1-14-10-15(2)12-17(11-14)25-21-23-5-4-18(26-21)20-24-16(3)19(28-20)13-27-8-6-22-7-9-27/h4-5,10-12,22H,6-9,13H2,1-3H3,(H,23,25,26). The number of benzene rings is 1. The maximum Gasteiger partial charge on any atom is 0.227 e. The molecule has 0 saturated carbocycles. The maximum atomic E-state index is 4.78. The van der Waals surface area contributed by atoms with Crippen molar-refractivity contribution in [2.24, 2.45) is 0 Å². The first-order valence-electron chi connectivity index (χ1n) is 9.65. The number of piperazine rings is 1. The first-order valence-corrected chi connectivity index (χ1v) is 10.5. The molecule has 0 amide bonds. The second-order valence-corrected chi connectivity index (χ2v) is 8.40. The van der Waals surface area contributed by atoms with Crippen LogP contribution in [0.2, 0.25) is 0 Å². The molecule has 4 rings (SSSR count). The Morgan fingerprint density at radius 3 is 2.57 bits per heavy atom.